The van der Waals surface area contributed by atoms with E-state index < -0.39 is 5.09 Å². The first-order chi connectivity index (χ1) is 17.2. The number of rotatable bonds is 20. The highest BCUT2D eigenvalue weighted by atomic mass is 16.9. The fraction of sp³-hybridized carbons (Fsp3) is 0.769. The van der Waals surface area contributed by atoms with Crippen molar-refractivity contribution in [3.63, 3.8) is 0 Å². The van der Waals surface area contributed by atoms with E-state index >= 15 is 0 Å². The quantitative estimate of drug-likeness (QED) is 0.152. The Labute approximate surface area is 210 Å². The molecule has 1 saturated heterocycles. The molecule has 1 aromatic heterocycles. The Balaban J connectivity index is 1.34. The monoisotopic (exact) mass is 491 g/mol. The molecule has 0 unspecified atom stereocenters. The molecule has 0 radical (unpaired) electrons. The fourth-order valence-corrected chi connectivity index (χ4v) is 4.39. The molecule has 2 rings (SSSR count). The van der Waals surface area contributed by atoms with Crippen LogP contribution in [-0.2, 0) is 4.84 Å². The lowest BCUT2D eigenvalue weighted by atomic mass is 10.0. The molecule has 9 heteroatoms. The molecule has 9 nitrogen and oxygen atoms in total. The topological polar surface area (TPSA) is 110 Å². The third-order valence-electron chi connectivity index (χ3n) is 6.50. The van der Waals surface area contributed by atoms with Crippen molar-refractivity contribution in [3.8, 4) is 0 Å². The summed E-state index contributed by atoms with van der Waals surface area (Å²) in [4.78, 5) is 33.4. The van der Waals surface area contributed by atoms with Gasteiger partial charge in [0.25, 0.3) is 11.0 Å². The summed E-state index contributed by atoms with van der Waals surface area (Å²) in [6.45, 7) is 4.80. The molecule has 35 heavy (non-hydrogen) atoms. The molecule has 0 aromatic carbocycles. The van der Waals surface area contributed by atoms with Crippen molar-refractivity contribution < 1.29 is 14.7 Å². The van der Waals surface area contributed by atoms with Crippen LogP contribution in [0.15, 0.2) is 18.3 Å². The van der Waals surface area contributed by atoms with Gasteiger partial charge in [0, 0.05) is 38.9 Å². The number of nitrogens with zero attached hydrogens (tertiary/aromatic N) is 3. The van der Waals surface area contributed by atoms with E-state index in [-0.39, 0.29) is 12.5 Å². The Kier molecular flexibility index (Phi) is 15.5. The standard InChI is InChI=1S/C26H45N5O4/c32-26(24-15-16-25(29-23-24)30-20-18-27-19-21-30)28-17-13-11-9-7-5-3-1-2-4-6-8-10-12-14-22-35-31(33)34/h15-16,23,27H,1-14,17-22H2,(H,28,32). The highest BCUT2D eigenvalue weighted by molar-refractivity contribution is 5.94. The van der Waals surface area contributed by atoms with Crippen molar-refractivity contribution >= 4 is 11.7 Å². The van der Waals surface area contributed by atoms with Gasteiger partial charge in [-0.15, -0.1) is 10.1 Å². The van der Waals surface area contributed by atoms with Crippen LogP contribution in [0.4, 0.5) is 5.82 Å². The lowest BCUT2D eigenvalue weighted by molar-refractivity contribution is -0.757. The van der Waals surface area contributed by atoms with Gasteiger partial charge in [0.15, 0.2) is 0 Å². The van der Waals surface area contributed by atoms with Crippen molar-refractivity contribution in [2.75, 3.05) is 44.2 Å². The van der Waals surface area contributed by atoms with Gasteiger partial charge in [0.1, 0.15) is 5.82 Å². The van der Waals surface area contributed by atoms with Crippen LogP contribution >= 0.6 is 0 Å². The molecule has 0 atom stereocenters. The number of aromatic nitrogens is 1. The van der Waals surface area contributed by atoms with Gasteiger partial charge in [-0.2, -0.15) is 0 Å². The molecule has 1 fully saturated rings. The molecule has 1 aliphatic heterocycles. The lowest BCUT2D eigenvalue weighted by Gasteiger charge is -2.28. The number of anilines is 1. The molecule has 198 valence electrons. The van der Waals surface area contributed by atoms with Crippen LogP contribution in [0.3, 0.4) is 0 Å². The SMILES string of the molecule is O=C(NCCCCCCCCCCCCCCCCO[N+](=O)[O-])c1ccc(N2CCNCC2)nc1. The van der Waals surface area contributed by atoms with E-state index in [4.69, 9.17) is 0 Å². The molecule has 0 aliphatic carbocycles. The second-order valence-corrected chi connectivity index (χ2v) is 9.40. The summed E-state index contributed by atoms with van der Waals surface area (Å²) in [5, 5.41) is 15.7. The van der Waals surface area contributed by atoms with Crippen molar-refractivity contribution in [2.45, 2.75) is 89.9 Å². The summed E-state index contributed by atoms with van der Waals surface area (Å²) in [5.74, 6) is 0.909. The smallest absolute Gasteiger partial charge is 0.294 e. The zero-order valence-corrected chi connectivity index (χ0v) is 21.3. The first-order valence-corrected chi connectivity index (χ1v) is 13.6. The van der Waals surface area contributed by atoms with Crippen molar-refractivity contribution in [2.24, 2.45) is 0 Å². The van der Waals surface area contributed by atoms with Crippen molar-refractivity contribution in [1.29, 1.82) is 0 Å². The molecule has 1 aliphatic rings. The number of piperazine rings is 1. The second kappa shape index (κ2) is 18.9. The zero-order valence-electron chi connectivity index (χ0n) is 21.3. The summed E-state index contributed by atoms with van der Waals surface area (Å²) >= 11 is 0. The number of amides is 1. The summed E-state index contributed by atoms with van der Waals surface area (Å²) < 4.78 is 0. The molecule has 2 heterocycles. The molecule has 1 aromatic rings. The van der Waals surface area contributed by atoms with E-state index in [1.165, 1.54) is 57.8 Å². The Bertz CT molecular complexity index is 695. The number of nitrogens with one attached hydrogen (secondary N) is 2. The second-order valence-electron chi connectivity index (χ2n) is 9.40. The van der Waals surface area contributed by atoms with Gasteiger partial charge < -0.3 is 20.4 Å². The van der Waals surface area contributed by atoms with Crippen LogP contribution < -0.4 is 15.5 Å². The van der Waals surface area contributed by atoms with Crippen LogP contribution in [0, 0.1) is 10.1 Å². The van der Waals surface area contributed by atoms with Crippen LogP contribution in [0.25, 0.3) is 0 Å². The van der Waals surface area contributed by atoms with Gasteiger partial charge in [-0.25, -0.2) is 4.98 Å². The molecular weight excluding hydrogens is 446 g/mol. The minimum absolute atomic E-state index is 0.0341. The van der Waals surface area contributed by atoms with Crippen LogP contribution in [0.2, 0.25) is 0 Å². The van der Waals surface area contributed by atoms with E-state index in [9.17, 15) is 14.9 Å². The van der Waals surface area contributed by atoms with Crippen molar-refractivity contribution in [3.05, 3.63) is 34.0 Å². The van der Waals surface area contributed by atoms with Gasteiger partial charge in [-0.05, 0) is 25.0 Å². The first kappa shape index (κ1) is 28.8. The Morgan fingerprint density at radius 1 is 0.914 bits per heavy atom. The summed E-state index contributed by atoms with van der Waals surface area (Å²) in [6, 6.07) is 3.82. The van der Waals surface area contributed by atoms with Gasteiger partial charge in [0.2, 0.25) is 0 Å². The van der Waals surface area contributed by atoms with E-state index in [2.05, 4.69) is 25.4 Å². The highest BCUT2D eigenvalue weighted by Crippen LogP contribution is 2.14. The van der Waals surface area contributed by atoms with Gasteiger partial charge >= 0.3 is 0 Å². The maximum absolute atomic E-state index is 12.3. The van der Waals surface area contributed by atoms with E-state index in [0.29, 0.717) is 5.56 Å². The molecule has 0 spiro atoms. The Morgan fingerprint density at radius 3 is 1.97 bits per heavy atom. The third-order valence-corrected chi connectivity index (χ3v) is 6.50. The molecule has 0 bridgehead atoms. The van der Waals surface area contributed by atoms with Crippen molar-refractivity contribution in [1.82, 2.24) is 15.6 Å². The van der Waals surface area contributed by atoms with E-state index in [1.54, 1.807) is 6.20 Å². The largest absolute Gasteiger partial charge is 0.354 e. The number of carbonyl (C=O) groups excluding carboxylic acids is 1. The van der Waals surface area contributed by atoms with Crippen LogP contribution in [0.5, 0.6) is 0 Å². The first-order valence-electron chi connectivity index (χ1n) is 13.6. The Hall–Kier alpha value is -2.42. The zero-order chi connectivity index (χ0) is 25.0. The maximum atomic E-state index is 12.3. The van der Waals surface area contributed by atoms with Gasteiger partial charge in [-0.3, -0.25) is 4.79 Å². The number of unbranched alkanes of at least 4 members (excludes halogenated alkanes) is 13. The number of carbonyl (C=O) groups is 1. The minimum atomic E-state index is -0.715. The van der Waals surface area contributed by atoms with Crippen LogP contribution in [0.1, 0.15) is 100 Å². The lowest BCUT2D eigenvalue weighted by Crippen LogP contribution is -2.43. The van der Waals surface area contributed by atoms with E-state index in [0.717, 1.165) is 70.6 Å². The van der Waals surface area contributed by atoms with Gasteiger partial charge in [-0.1, -0.05) is 77.0 Å². The molecule has 0 saturated carbocycles. The summed E-state index contributed by atoms with van der Waals surface area (Å²) in [5.41, 5.74) is 0.631. The highest BCUT2D eigenvalue weighted by Gasteiger charge is 2.12. The average Bonchev–Trinajstić information content (AvgIpc) is 2.88. The maximum Gasteiger partial charge on any atom is 0.294 e. The third kappa shape index (κ3) is 13.9. The minimum Gasteiger partial charge on any atom is -0.354 e. The van der Waals surface area contributed by atoms with E-state index in [1.807, 2.05) is 12.1 Å². The summed E-state index contributed by atoms with van der Waals surface area (Å²) in [7, 11) is 0. The van der Waals surface area contributed by atoms with Crippen LogP contribution in [-0.4, -0.2) is 55.3 Å². The predicted octanol–water partition coefficient (Wildman–Crippen LogP) is 4.89. The molecule has 2 N–H and O–H groups in total. The average molecular weight is 492 g/mol. The molecular formula is C26H45N5O4. The summed E-state index contributed by atoms with van der Waals surface area (Å²) in [6.07, 6.45) is 18.3. The number of hydrogen-bond donors (Lipinski definition) is 2. The fourth-order valence-electron chi connectivity index (χ4n) is 4.39. The number of pyridine rings is 1. The predicted molar refractivity (Wildman–Crippen MR) is 139 cm³/mol. The normalized spacial score (nSPS) is 13.5. The molecule has 1 amide bonds. The van der Waals surface area contributed by atoms with Gasteiger partial charge in [0.05, 0.1) is 12.2 Å². The Morgan fingerprint density at radius 2 is 1.46 bits per heavy atom. The number of hydrogen-bond acceptors (Lipinski definition) is 7.